The Hall–Kier alpha value is -2.22. The summed E-state index contributed by atoms with van der Waals surface area (Å²) >= 11 is 0. The Bertz CT molecular complexity index is 735. The molecule has 0 aromatic carbocycles. The molecule has 1 amide bonds. The summed E-state index contributed by atoms with van der Waals surface area (Å²) in [6.07, 6.45) is 2.40. The number of aryl methyl sites for hydroxylation is 3. The van der Waals surface area contributed by atoms with Crippen LogP contribution >= 0.6 is 0 Å². The van der Waals surface area contributed by atoms with Crippen LogP contribution in [0.25, 0.3) is 0 Å². The summed E-state index contributed by atoms with van der Waals surface area (Å²) in [6.45, 7) is 7.87. The van der Waals surface area contributed by atoms with Crippen molar-refractivity contribution < 1.29 is 9.53 Å². The van der Waals surface area contributed by atoms with E-state index in [0.29, 0.717) is 25.4 Å². The van der Waals surface area contributed by atoms with E-state index in [0.717, 1.165) is 23.4 Å². The zero-order valence-corrected chi connectivity index (χ0v) is 14.6. The molecule has 3 rings (SSSR count). The van der Waals surface area contributed by atoms with Crippen LogP contribution < -0.4 is 5.32 Å². The molecule has 2 atom stereocenters. The third-order valence-corrected chi connectivity index (χ3v) is 4.74. The van der Waals surface area contributed by atoms with Gasteiger partial charge in [0.25, 0.3) is 5.91 Å². The van der Waals surface area contributed by atoms with Gasteiger partial charge in [-0.25, -0.2) is 4.68 Å². The van der Waals surface area contributed by atoms with Crippen LogP contribution in [0.4, 0.5) is 0 Å². The molecule has 1 N–H and O–H groups in total. The molecule has 8 nitrogen and oxygen atoms in total. The molecular weight excluding hydrogens is 308 g/mol. The average molecular weight is 332 g/mol. The summed E-state index contributed by atoms with van der Waals surface area (Å²) in [4.78, 5) is 12.4. The van der Waals surface area contributed by atoms with Crippen LogP contribution in [0, 0.1) is 19.8 Å². The molecule has 0 unspecified atom stereocenters. The molecule has 8 heteroatoms. The van der Waals surface area contributed by atoms with Crippen LogP contribution in [0.15, 0.2) is 6.20 Å². The number of amides is 1. The molecule has 3 heterocycles. The third-order valence-electron chi connectivity index (χ3n) is 4.74. The van der Waals surface area contributed by atoms with Crippen molar-refractivity contribution in [1.29, 1.82) is 0 Å². The molecule has 0 saturated carbocycles. The van der Waals surface area contributed by atoms with E-state index >= 15 is 0 Å². The number of hydrogen-bond donors (Lipinski definition) is 1. The molecule has 0 radical (unpaired) electrons. The zero-order valence-electron chi connectivity index (χ0n) is 14.6. The largest absolute Gasteiger partial charge is 0.373 e. The number of nitrogens with zero attached hydrogens (tertiary/aromatic N) is 5. The van der Waals surface area contributed by atoms with Gasteiger partial charge in [0.2, 0.25) is 0 Å². The maximum atomic E-state index is 12.4. The highest BCUT2D eigenvalue weighted by atomic mass is 16.5. The van der Waals surface area contributed by atoms with Crippen molar-refractivity contribution in [3.63, 3.8) is 0 Å². The van der Waals surface area contributed by atoms with Gasteiger partial charge < -0.3 is 10.1 Å². The molecule has 1 saturated heterocycles. The maximum absolute atomic E-state index is 12.4. The first-order valence-corrected chi connectivity index (χ1v) is 8.31. The minimum absolute atomic E-state index is 0.0202. The molecule has 0 bridgehead atoms. The molecule has 24 heavy (non-hydrogen) atoms. The van der Waals surface area contributed by atoms with Crippen molar-refractivity contribution in [1.82, 2.24) is 30.1 Å². The van der Waals surface area contributed by atoms with Gasteiger partial charge in [0, 0.05) is 43.9 Å². The minimum atomic E-state index is -0.146. The summed E-state index contributed by atoms with van der Waals surface area (Å²) < 4.78 is 9.43. The number of aromatic nitrogens is 5. The molecule has 1 aliphatic rings. The Morgan fingerprint density at radius 1 is 1.46 bits per heavy atom. The first-order chi connectivity index (χ1) is 11.5. The van der Waals surface area contributed by atoms with Gasteiger partial charge in [0.05, 0.1) is 18.0 Å². The molecule has 2 aromatic rings. The molecule has 2 aromatic heterocycles. The summed E-state index contributed by atoms with van der Waals surface area (Å²) in [6, 6.07) is 0. The summed E-state index contributed by atoms with van der Waals surface area (Å²) in [7, 11) is 1.94. The molecule has 0 aliphatic carbocycles. The standard InChI is InChI=1S/C16H24N6O2/c1-5-22-13(9-18-20-22)16(23)17-8-12-6-7-24-15(12)14-10(2)19-21(4)11(14)3/h9,12,15H,5-8H2,1-4H3,(H,17,23)/t12-,15+/m1/s1. The average Bonchev–Trinajstić information content (AvgIpc) is 3.25. The van der Waals surface area contributed by atoms with E-state index in [9.17, 15) is 4.79 Å². The summed E-state index contributed by atoms with van der Waals surface area (Å²) in [5.41, 5.74) is 3.74. The number of hydrogen-bond acceptors (Lipinski definition) is 5. The predicted octanol–water partition coefficient (Wildman–Crippen LogP) is 1.16. The molecule has 1 aliphatic heterocycles. The molecule has 1 fully saturated rings. The van der Waals surface area contributed by atoms with Crippen LogP contribution in [0.1, 0.15) is 46.9 Å². The third kappa shape index (κ3) is 2.93. The van der Waals surface area contributed by atoms with Crippen molar-refractivity contribution in [3.05, 3.63) is 28.8 Å². The van der Waals surface area contributed by atoms with Gasteiger partial charge >= 0.3 is 0 Å². The zero-order chi connectivity index (χ0) is 17.3. The van der Waals surface area contributed by atoms with Gasteiger partial charge in [-0.1, -0.05) is 5.21 Å². The lowest BCUT2D eigenvalue weighted by Crippen LogP contribution is -2.32. The fraction of sp³-hybridized carbons (Fsp3) is 0.625. The monoisotopic (exact) mass is 332 g/mol. The lowest BCUT2D eigenvalue weighted by atomic mass is 9.94. The fourth-order valence-corrected chi connectivity index (χ4v) is 3.35. The van der Waals surface area contributed by atoms with Crippen LogP contribution in [0.5, 0.6) is 0 Å². The summed E-state index contributed by atoms with van der Waals surface area (Å²) in [5.74, 6) is 0.0913. The van der Waals surface area contributed by atoms with Crippen LogP contribution in [0.2, 0.25) is 0 Å². The smallest absolute Gasteiger partial charge is 0.271 e. The van der Waals surface area contributed by atoms with Gasteiger partial charge in [-0.05, 0) is 27.2 Å². The summed E-state index contributed by atoms with van der Waals surface area (Å²) in [5, 5.41) is 15.2. The lowest BCUT2D eigenvalue weighted by Gasteiger charge is -2.19. The first kappa shape index (κ1) is 16.6. The second-order valence-corrected chi connectivity index (χ2v) is 6.19. The van der Waals surface area contributed by atoms with Gasteiger partial charge in [-0.3, -0.25) is 9.48 Å². The number of nitrogens with one attached hydrogen (secondary N) is 1. The lowest BCUT2D eigenvalue weighted by molar-refractivity contribution is 0.0835. The van der Waals surface area contributed by atoms with Crippen molar-refractivity contribution in [2.24, 2.45) is 13.0 Å². The van der Waals surface area contributed by atoms with E-state index in [-0.39, 0.29) is 17.9 Å². The van der Waals surface area contributed by atoms with E-state index < -0.39 is 0 Å². The number of carbonyl (C=O) groups excluding carboxylic acids is 1. The van der Waals surface area contributed by atoms with Crippen molar-refractivity contribution >= 4 is 5.91 Å². The minimum Gasteiger partial charge on any atom is -0.373 e. The number of carbonyl (C=O) groups is 1. The van der Waals surface area contributed by atoms with Crippen molar-refractivity contribution in [2.45, 2.75) is 39.8 Å². The Labute approximate surface area is 141 Å². The second kappa shape index (κ2) is 6.72. The van der Waals surface area contributed by atoms with E-state index in [4.69, 9.17) is 4.74 Å². The van der Waals surface area contributed by atoms with Crippen LogP contribution in [-0.4, -0.2) is 43.8 Å². The van der Waals surface area contributed by atoms with E-state index in [1.54, 1.807) is 4.68 Å². The Balaban J connectivity index is 1.69. The van der Waals surface area contributed by atoms with Gasteiger partial charge in [-0.15, -0.1) is 5.10 Å². The highest BCUT2D eigenvalue weighted by molar-refractivity contribution is 5.92. The first-order valence-electron chi connectivity index (χ1n) is 8.31. The molecule has 130 valence electrons. The van der Waals surface area contributed by atoms with E-state index in [1.807, 2.05) is 25.6 Å². The topological polar surface area (TPSA) is 86.9 Å². The Morgan fingerprint density at radius 3 is 2.92 bits per heavy atom. The molecule has 0 spiro atoms. The maximum Gasteiger partial charge on any atom is 0.271 e. The van der Waals surface area contributed by atoms with E-state index in [2.05, 4.69) is 27.7 Å². The second-order valence-electron chi connectivity index (χ2n) is 6.19. The van der Waals surface area contributed by atoms with Crippen molar-refractivity contribution in [3.8, 4) is 0 Å². The fourth-order valence-electron chi connectivity index (χ4n) is 3.35. The van der Waals surface area contributed by atoms with Gasteiger partial charge in [0.1, 0.15) is 5.69 Å². The van der Waals surface area contributed by atoms with E-state index in [1.165, 1.54) is 6.20 Å². The normalized spacial score (nSPS) is 20.5. The number of ether oxygens (including phenoxy) is 1. The Morgan fingerprint density at radius 2 is 2.25 bits per heavy atom. The Kier molecular flexibility index (Phi) is 4.66. The van der Waals surface area contributed by atoms with Crippen molar-refractivity contribution in [2.75, 3.05) is 13.2 Å². The SMILES string of the molecule is CCn1nncc1C(=O)NC[C@H]1CCO[C@@H]1c1c(C)nn(C)c1C. The highest BCUT2D eigenvalue weighted by Gasteiger charge is 2.33. The highest BCUT2D eigenvalue weighted by Crippen LogP contribution is 2.37. The van der Waals surface area contributed by atoms with Gasteiger partial charge in [0.15, 0.2) is 0 Å². The predicted molar refractivity (Wildman–Crippen MR) is 87.5 cm³/mol. The van der Waals surface area contributed by atoms with Crippen LogP contribution in [-0.2, 0) is 18.3 Å². The van der Waals surface area contributed by atoms with Crippen LogP contribution in [0.3, 0.4) is 0 Å². The number of rotatable bonds is 5. The van der Waals surface area contributed by atoms with Gasteiger partial charge in [-0.2, -0.15) is 5.10 Å². The quantitative estimate of drug-likeness (QED) is 0.888. The molecular formula is C16H24N6O2.